The van der Waals surface area contributed by atoms with Crippen LogP contribution in [0.15, 0.2) is 30.3 Å². The van der Waals surface area contributed by atoms with E-state index in [1.807, 2.05) is 6.07 Å². The highest BCUT2D eigenvalue weighted by molar-refractivity contribution is 7.19. The molecule has 0 bridgehead atoms. The highest BCUT2D eigenvalue weighted by Gasteiger charge is 2.38. The van der Waals surface area contributed by atoms with E-state index in [2.05, 4.69) is 77.9 Å². The molecule has 2 heterocycles. The smallest absolute Gasteiger partial charge is 0.214 e. The first-order chi connectivity index (χ1) is 13.2. The molecular formula is C21H26ClN5S. The molecule has 148 valence electrons. The van der Waals surface area contributed by atoms with Gasteiger partial charge in [0.1, 0.15) is 0 Å². The second-order valence-electron chi connectivity index (χ2n) is 9.36. The number of anilines is 1. The molecule has 1 aliphatic rings. The summed E-state index contributed by atoms with van der Waals surface area (Å²) in [6.45, 7) is 9.52. The van der Waals surface area contributed by atoms with Crippen molar-refractivity contribution in [1.29, 1.82) is 0 Å². The molecule has 0 atom stereocenters. The maximum atomic E-state index is 6.52. The summed E-state index contributed by atoms with van der Waals surface area (Å²) in [5.74, 6) is 0.569. The third-order valence-corrected chi connectivity index (χ3v) is 6.89. The number of nitrogens with one attached hydrogen (secondary N) is 2. The van der Waals surface area contributed by atoms with Gasteiger partial charge in [0, 0.05) is 11.7 Å². The van der Waals surface area contributed by atoms with Gasteiger partial charge in [-0.2, -0.15) is 5.21 Å². The van der Waals surface area contributed by atoms with Crippen molar-refractivity contribution in [3.63, 3.8) is 0 Å². The Morgan fingerprint density at radius 2 is 1.89 bits per heavy atom. The van der Waals surface area contributed by atoms with Crippen molar-refractivity contribution < 1.29 is 0 Å². The van der Waals surface area contributed by atoms with Gasteiger partial charge >= 0.3 is 0 Å². The number of nitrogens with zero attached hydrogens (tertiary/aromatic N) is 3. The molecule has 3 aromatic rings. The zero-order chi connectivity index (χ0) is 19.9. The predicted molar refractivity (Wildman–Crippen MR) is 117 cm³/mol. The van der Waals surface area contributed by atoms with Gasteiger partial charge in [0.05, 0.1) is 14.8 Å². The van der Waals surface area contributed by atoms with Gasteiger partial charge in [0.15, 0.2) is 0 Å². The third-order valence-electron chi connectivity index (χ3n) is 5.30. The first-order valence-corrected chi connectivity index (χ1v) is 10.8. The summed E-state index contributed by atoms with van der Waals surface area (Å²) in [7, 11) is 0. The van der Waals surface area contributed by atoms with Gasteiger partial charge in [-0.05, 0) is 59.1 Å². The van der Waals surface area contributed by atoms with E-state index in [9.17, 15) is 0 Å². The minimum atomic E-state index is 0.355. The fourth-order valence-corrected chi connectivity index (χ4v) is 6.25. The van der Waals surface area contributed by atoms with Crippen LogP contribution in [0.4, 0.5) is 5.69 Å². The molecule has 0 amide bonds. The van der Waals surface area contributed by atoms with Crippen molar-refractivity contribution >= 4 is 28.6 Å². The van der Waals surface area contributed by atoms with Crippen LogP contribution < -0.4 is 5.32 Å². The SMILES string of the molecule is CC1(C)CC(Nc2cccc(-c3sc(-c4nn[nH]n4)cc3Cl)c2)CC(C)(C)C1. The van der Waals surface area contributed by atoms with E-state index in [1.54, 1.807) is 11.3 Å². The number of hydrogen-bond acceptors (Lipinski definition) is 5. The minimum absolute atomic E-state index is 0.355. The molecule has 0 radical (unpaired) electrons. The molecule has 2 aromatic heterocycles. The van der Waals surface area contributed by atoms with Crippen LogP contribution >= 0.6 is 22.9 Å². The fraction of sp³-hybridized carbons (Fsp3) is 0.476. The van der Waals surface area contributed by atoms with Crippen LogP contribution in [-0.2, 0) is 0 Å². The third kappa shape index (κ3) is 4.23. The molecule has 2 N–H and O–H groups in total. The van der Waals surface area contributed by atoms with Gasteiger partial charge in [0.2, 0.25) is 5.82 Å². The largest absolute Gasteiger partial charge is 0.382 e. The van der Waals surface area contributed by atoms with E-state index in [1.165, 1.54) is 19.3 Å². The second kappa shape index (κ2) is 7.16. The van der Waals surface area contributed by atoms with Gasteiger partial charge in [-0.25, -0.2) is 0 Å². The van der Waals surface area contributed by atoms with Gasteiger partial charge in [-0.3, -0.25) is 0 Å². The molecule has 7 heteroatoms. The van der Waals surface area contributed by atoms with Gasteiger partial charge in [-0.15, -0.1) is 21.5 Å². The van der Waals surface area contributed by atoms with Gasteiger partial charge in [0.25, 0.3) is 0 Å². The Morgan fingerprint density at radius 3 is 2.57 bits per heavy atom. The maximum absolute atomic E-state index is 6.52. The zero-order valence-electron chi connectivity index (χ0n) is 16.7. The standard InChI is InChI=1S/C21H26ClN5S/c1-20(2)10-15(11-21(3,4)12-20)23-14-7-5-6-13(8-14)18-16(22)9-17(28-18)19-24-26-27-25-19/h5-9,15,23H,10-12H2,1-4H3,(H,24,25,26,27). The lowest BCUT2D eigenvalue weighted by atomic mass is 9.63. The van der Waals surface area contributed by atoms with Gasteiger partial charge in [-0.1, -0.05) is 51.4 Å². The van der Waals surface area contributed by atoms with Crippen molar-refractivity contribution in [3.05, 3.63) is 35.4 Å². The second-order valence-corrected chi connectivity index (χ2v) is 10.8. The van der Waals surface area contributed by atoms with Crippen molar-refractivity contribution in [1.82, 2.24) is 20.6 Å². The summed E-state index contributed by atoms with van der Waals surface area (Å²) in [6, 6.07) is 10.9. The predicted octanol–water partition coefficient (Wildman–Crippen LogP) is 6.27. The van der Waals surface area contributed by atoms with Crippen LogP contribution in [0.5, 0.6) is 0 Å². The zero-order valence-corrected chi connectivity index (χ0v) is 18.3. The fourth-order valence-electron chi connectivity index (χ4n) is 4.88. The Balaban J connectivity index is 1.57. The maximum Gasteiger partial charge on any atom is 0.214 e. The lowest BCUT2D eigenvalue weighted by molar-refractivity contribution is 0.105. The summed E-state index contributed by atoms with van der Waals surface area (Å²) in [5, 5.41) is 18.7. The van der Waals surface area contributed by atoms with Crippen LogP contribution in [0.25, 0.3) is 21.1 Å². The Kier molecular flexibility index (Phi) is 4.96. The number of benzene rings is 1. The summed E-state index contributed by atoms with van der Waals surface area (Å²) in [5.41, 5.74) is 2.95. The minimum Gasteiger partial charge on any atom is -0.382 e. The van der Waals surface area contributed by atoms with Crippen LogP contribution in [-0.4, -0.2) is 26.7 Å². The Morgan fingerprint density at radius 1 is 1.14 bits per heavy atom. The monoisotopic (exact) mass is 415 g/mol. The molecule has 1 aromatic carbocycles. The van der Waals surface area contributed by atoms with E-state index >= 15 is 0 Å². The van der Waals surface area contributed by atoms with Crippen molar-refractivity contribution in [2.75, 3.05) is 5.32 Å². The number of hydrogen-bond donors (Lipinski definition) is 2. The van der Waals surface area contributed by atoms with Crippen LogP contribution in [0, 0.1) is 10.8 Å². The molecule has 1 saturated carbocycles. The Hall–Kier alpha value is -1.92. The summed E-state index contributed by atoms with van der Waals surface area (Å²) in [4.78, 5) is 1.93. The van der Waals surface area contributed by atoms with Crippen LogP contribution in [0.3, 0.4) is 0 Å². The first kappa shape index (κ1) is 19.4. The number of aromatic nitrogens is 4. The summed E-state index contributed by atoms with van der Waals surface area (Å²) in [6.07, 6.45) is 3.63. The average Bonchev–Trinajstić information content (AvgIpc) is 3.21. The van der Waals surface area contributed by atoms with Crippen LogP contribution in [0.1, 0.15) is 47.0 Å². The Bertz CT molecular complexity index is 945. The number of tetrazole rings is 1. The molecular weight excluding hydrogens is 390 g/mol. The molecule has 5 nitrogen and oxygen atoms in total. The quantitative estimate of drug-likeness (QED) is 0.527. The Labute approximate surface area is 174 Å². The van der Waals surface area contributed by atoms with E-state index in [0.29, 0.717) is 27.7 Å². The van der Waals surface area contributed by atoms with Crippen molar-refractivity contribution in [3.8, 4) is 21.1 Å². The van der Waals surface area contributed by atoms with Crippen molar-refractivity contribution in [2.45, 2.75) is 53.0 Å². The number of halogens is 1. The number of aromatic amines is 1. The molecule has 0 spiro atoms. The molecule has 0 aliphatic heterocycles. The summed E-state index contributed by atoms with van der Waals surface area (Å²) < 4.78 is 0. The molecule has 0 saturated heterocycles. The average molecular weight is 416 g/mol. The number of thiophene rings is 1. The van der Waals surface area contributed by atoms with Crippen molar-refractivity contribution in [2.24, 2.45) is 10.8 Å². The lowest BCUT2D eigenvalue weighted by Gasteiger charge is -2.45. The molecule has 28 heavy (non-hydrogen) atoms. The summed E-state index contributed by atoms with van der Waals surface area (Å²) >= 11 is 8.10. The molecule has 0 unspecified atom stereocenters. The van der Waals surface area contributed by atoms with Crippen LogP contribution in [0.2, 0.25) is 5.02 Å². The normalized spacial score (nSPS) is 18.9. The number of rotatable bonds is 4. The van der Waals surface area contributed by atoms with Gasteiger partial charge < -0.3 is 5.32 Å². The van der Waals surface area contributed by atoms with E-state index < -0.39 is 0 Å². The lowest BCUT2D eigenvalue weighted by Crippen LogP contribution is -2.40. The molecule has 1 fully saturated rings. The first-order valence-electron chi connectivity index (χ1n) is 9.61. The number of H-pyrrole nitrogens is 1. The highest BCUT2D eigenvalue weighted by Crippen LogP contribution is 2.46. The van der Waals surface area contributed by atoms with E-state index in [-0.39, 0.29) is 0 Å². The highest BCUT2D eigenvalue weighted by atomic mass is 35.5. The molecule has 4 rings (SSSR count). The topological polar surface area (TPSA) is 66.5 Å². The molecule has 1 aliphatic carbocycles. The van der Waals surface area contributed by atoms with E-state index in [4.69, 9.17) is 11.6 Å². The van der Waals surface area contributed by atoms with E-state index in [0.717, 1.165) is 21.0 Å².